The number of nitrogens with one attached hydrogen (secondary N) is 1. The van der Waals surface area contributed by atoms with Crippen LogP contribution < -0.4 is 11.1 Å². The van der Waals surface area contributed by atoms with Gasteiger partial charge in [-0.25, -0.2) is 9.50 Å². The van der Waals surface area contributed by atoms with Crippen LogP contribution in [0.5, 0.6) is 0 Å². The average molecular weight is 335 g/mol. The Morgan fingerprint density at radius 2 is 1.96 bits per heavy atom. The molecule has 0 aliphatic heterocycles. The molecule has 4 rings (SSSR count). The molecule has 7 nitrogen and oxygen atoms in total. The Kier molecular flexibility index (Phi) is 3.38. The molecule has 3 heterocycles. The molecule has 7 heteroatoms. The van der Waals surface area contributed by atoms with Crippen molar-refractivity contribution in [1.29, 1.82) is 0 Å². The van der Waals surface area contributed by atoms with Gasteiger partial charge in [-0.05, 0) is 44.5 Å². The smallest absolute Gasteiger partial charge is 0.240 e. The SMILES string of the molecule is CNc1nc(N)nn2ccc(-c3ccc4nc(C)n(C(C)C)c4c3)c12. The third kappa shape index (κ3) is 2.31. The van der Waals surface area contributed by atoms with Gasteiger partial charge >= 0.3 is 0 Å². The summed E-state index contributed by atoms with van der Waals surface area (Å²) in [5.41, 5.74) is 11.0. The molecule has 3 N–H and O–H groups in total. The van der Waals surface area contributed by atoms with Crippen molar-refractivity contribution in [3.63, 3.8) is 0 Å². The minimum absolute atomic E-state index is 0.239. The number of hydrogen-bond donors (Lipinski definition) is 2. The molecule has 0 aliphatic carbocycles. The molecule has 0 amide bonds. The van der Waals surface area contributed by atoms with Gasteiger partial charge < -0.3 is 15.6 Å². The van der Waals surface area contributed by atoms with Crippen molar-refractivity contribution in [2.75, 3.05) is 18.1 Å². The summed E-state index contributed by atoms with van der Waals surface area (Å²) in [7, 11) is 1.83. The lowest BCUT2D eigenvalue weighted by molar-refractivity contribution is 0.600. The molecule has 0 spiro atoms. The van der Waals surface area contributed by atoms with Gasteiger partial charge in [0.2, 0.25) is 5.95 Å². The van der Waals surface area contributed by atoms with Crippen LogP contribution >= 0.6 is 0 Å². The van der Waals surface area contributed by atoms with Gasteiger partial charge in [0.25, 0.3) is 0 Å². The fraction of sp³-hybridized carbons (Fsp3) is 0.278. The maximum absolute atomic E-state index is 5.78. The van der Waals surface area contributed by atoms with Crippen LogP contribution in [0.2, 0.25) is 0 Å². The Morgan fingerprint density at radius 1 is 1.16 bits per heavy atom. The van der Waals surface area contributed by atoms with E-state index < -0.39 is 0 Å². The van der Waals surface area contributed by atoms with Crippen LogP contribution in [0, 0.1) is 6.92 Å². The van der Waals surface area contributed by atoms with Gasteiger partial charge in [0.15, 0.2) is 5.82 Å². The number of rotatable bonds is 3. The summed E-state index contributed by atoms with van der Waals surface area (Å²) in [5, 5.41) is 7.38. The summed E-state index contributed by atoms with van der Waals surface area (Å²) in [4.78, 5) is 8.98. The summed E-state index contributed by atoms with van der Waals surface area (Å²) in [6, 6.07) is 8.72. The van der Waals surface area contributed by atoms with Gasteiger partial charge in [-0.3, -0.25) is 0 Å². The summed E-state index contributed by atoms with van der Waals surface area (Å²) in [6.07, 6.45) is 1.90. The average Bonchev–Trinajstić information content (AvgIpc) is 3.13. The molecule has 1 aromatic carbocycles. The third-order valence-electron chi connectivity index (χ3n) is 4.46. The van der Waals surface area contributed by atoms with Crippen LogP contribution in [0.25, 0.3) is 27.7 Å². The number of nitrogens with two attached hydrogens (primary N) is 1. The van der Waals surface area contributed by atoms with Crippen molar-refractivity contribution in [1.82, 2.24) is 24.1 Å². The molecule has 0 radical (unpaired) electrons. The zero-order valence-corrected chi connectivity index (χ0v) is 14.8. The second-order valence-corrected chi connectivity index (χ2v) is 6.42. The predicted octanol–water partition coefficient (Wildman–Crippen LogP) is 3.26. The molecule has 0 fully saturated rings. The Morgan fingerprint density at radius 3 is 2.68 bits per heavy atom. The number of aromatic nitrogens is 5. The second kappa shape index (κ2) is 5.47. The summed E-state index contributed by atoms with van der Waals surface area (Å²) < 4.78 is 4.02. The third-order valence-corrected chi connectivity index (χ3v) is 4.46. The number of anilines is 2. The first-order valence-corrected chi connectivity index (χ1v) is 8.31. The quantitative estimate of drug-likeness (QED) is 0.600. The molecule has 3 aromatic heterocycles. The molecule has 0 saturated heterocycles. The fourth-order valence-corrected chi connectivity index (χ4v) is 3.48. The van der Waals surface area contributed by atoms with Gasteiger partial charge in [0, 0.05) is 24.8 Å². The van der Waals surface area contributed by atoms with Gasteiger partial charge in [-0.2, -0.15) is 4.98 Å². The van der Waals surface area contributed by atoms with E-state index in [1.54, 1.807) is 4.52 Å². The lowest BCUT2D eigenvalue weighted by atomic mass is 10.1. The van der Waals surface area contributed by atoms with Crippen LogP contribution in [0.1, 0.15) is 25.7 Å². The van der Waals surface area contributed by atoms with Crippen LogP contribution in [0.3, 0.4) is 0 Å². The molecule has 0 aliphatic rings. The number of fused-ring (bicyclic) bond motifs is 2. The van der Waals surface area contributed by atoms with E-state index in [-0.39, 0.29) is 5.95 Å². The Hall–Kier alpha value is -3.09. The van der Waals surface area contributed by atoms with E-state index in [0.29, 0.717) is 11.9 Å². The Labute approximate surface area is 145 Å². The topological polar surface area (TPSA) is 86.1 Å². The van der Waals surface area contributed by atoms with Crippen LogP contribution in [-0.4, -0.2) is 31.2 Å². The van der Waals surface area contributed by atoms with E-state index >= 15 is 0 Å². The zero-order chi connectivity index (χ0) is 17.7. The largest absolute Gasteiger partial charge is 0.371 e. The van der Waals surface area contributed by atoms with Crippen LogP contribution in [0.4, 0.5) is 11.8 Å². The minimum atomic E-state index is 0.239. The Bertz CT molecular complexity index is 1090. The van der Waals surface area contributed by atoms with Gasteiger partial charge in [-0.1, -0.05) is 6.07 Å². The number of imidazole rings is 1. The van der Waals surface area contributed by atoms with E-state index in [9.17, 15) is 0 Å². The molecular formula is C18H21N7. The Balaban J connectivity index is 1.99. The lowest BCUT2D eigenvalue weighted by Gasteiger charge is -2.11. The van der Waals surface area contributed by atoms with Crippen molar-refractivity contribution in [2.45, 2.75) is 26.8 Å². The monoisotopic (exact) mass is 335 g/mol. The number of hydrogen-bond acceptors (Lipinski definition) is 5. The number of nitrogen functional groups attached to an aromatic ring is 1. The highest BCUT2D eigenvalue weighted by molar-refractivity contribution is 5.92. The number of nitrogens with zero attached hydrogens (tertiary/aromatic N) is 5. The van der Waals surface area contributed by atoms with E-state index in [1.807, 2.05) is 26.2 Å². The van der Waals surface area contributed by atoms with Crippen LogP contribution in [-0.2, 0) is 0 Å². The van der Waals surface area contributed by atoms with Crippen molar-refractivity contribution in [3.05, 3.63) is 36.3 Å². The first-order valence-electron chi connectivity index (χ1n) is 8.31. The highest BCUT2D eigenvalue weighted by Crippen LogP contribution is 2.32. The van der Waals surface area contributed by atoms with Gasteiger partial charge in [-0.15, -0.1) is 5.10 Å². The molecular weight excluding hydrogens is 314 g/mol. The van der Waals surface area contributed by atoms with Crippen molar-refractivity contribution in [2.24, 2.45) is 0 Å². The van der Waals surface area contributed by atoms with E-state index in [4.69, 9.17) is 5.73 Å². The molecule has 0 saturated carbocycles. The first kappa shape index (κ1) is 15.4. The molecule has 0 bridgehead atoms. The molecule has 128 valence electrons. The van der Waals surface area contributed by atoms with Crippen molar-refractivity contribution < 1.29 is 0 Å². The van der Waals surface area contributed by atoms with E-state index in [1.165, 1.54) is 0 Å². The molecule has 25 heavy (non-hydrogen) atoms. The first-order chi connectivity index (χ1) is 12.0. The lowest BCUT2D eigenvalue weighted by Crippen LogP contribution is -2.05. The highest BCUT2D eigenvalue weighted by Gasteiger charge is 2.15. The van der Waals surface area contributed by atoms with Gasteiger partial charge in [0.1, 0.15) is 11.3 Å². The second-order valence-electron chi connectivity index (χ2n) is 6.42. The minimum Gasteiger partial charge on any atom is -0.371 e. The molecule has 0 unspecified atom stereocenters. The maximum Gasteiger partial charge on any atom is 0.240 e. The molecule has 0 atom stereocenters. The summed E-state index contributed by atoms with van der Waals surface area (Å²) >= 11 is 0. The fourth-order valence-electron chi connectivity index (χ4n) is 3.48. The van der Waals surface area contributed by atoms with E-state index in [2.05, 4.69) is 57.0 Å². The summed E-state index contributed by atoms with van der Waals surface area (Å²) in [6.45, 7) is 6.39. The van der Waals surface area contributed by atoms with Crippen molar-refractivity contribution in [3.8, 4) is 11.1 Å². The van der Waals surface area contributed by atoms with E-state index in [0.717, 1.165) is 33.5 Å². The van der Waals surface area contributed by atoms with Crippen LogP contribution in [0.15, 0.2) is 30.5 Å². The highest BCUT2D eigenvalue weighted by atomic mass is 15.3. The standard InChI is InChI=1S/C18H21N7/c1-10(2)25-11(3)21-14-6-5-12(9-15(14)25)13-7-8-24-16(13)17(20-4)22-18(19)23-24/h5-10H,1-4H3,(H3,19,20,22,23). The normalized spacial score (nSPS) is 11.7. The predicted molar refractivity (Wildman–Crippen MR) is 101 cm³/mol. The van der Waals surface area contributed by atoms with Crippen molar-refractivity contribution >= 4 is 28.3 Å². The van der Waals surface area contributed by atoms with Gasteiger partial charge in [0.05, 0.1) is 11.0 Å². The number of aryl methyl sites for hydroxylation is 1. The molecule has 4 aromatic rings. The zero-order valence-electron chi connectivity index (χ0n) is 14.8. The number of benzene rings is 1. The summed E-state index contributed by atoms with van der Waals surface area (Å²) in [5.74, 6) is 1.97. The maximum atomic E-state index is 5.78.